The van der Waals surface area contributed by atoms with Crippen LogP contribution in [0, 0.1) is 6.92 Å². The van der Waals surface area contributed by atoms with E-state index >= 15 is 0 Å². The van der Waals surface area contributed by atoms with Crippen LogP contribution < -0.4 is 5.56 Å². The molecule has 0 aliphatic heterocycles. The molecule has 0 aliphatic carbocycles. The van der Waals surface area contributed by atoms with E-state index in [1.54, 1.807) is 18.2 Å². The van der Waals surface area contributed by atoms with Gasteiger partial charge in [0.1, 0.15) is 11.5 Å². The molecule has 1 aromatic carbocycles. The van der Waals surface area contributed by atoms with Crippen molar-refractivity contribution in [3.8, 4) is 11.4 Å². The molecule has 3 aromatic rings. The number of rotatable bonds is 1. The first-order valence-corrected chi connectivity index (χ1v) is 5.87. The van der Waals surface area contributed by atoms with Crippen LogP contribution in [0.3, 0.4) is 0 Å². The first-order valence-electron chi connectivity index (χ1n) is 5.49. The van der Waals surface area contributed by atoms with Crippen molar-refractivity contribution in [2.24, 2.45) is 0 Å². The lowest BCUT2D eigenvalue weighted by Gasteiger charge is -2.01. The smallest absolute Gasteiger partial charge is 0.260 e. The second-order valence-corrected chi connectivity index (χ2v) is 4.58. The van der Waals surface area contributed by atoms with Crippen molar-refractivity contribution in [1.29, 1.82) is 0 Å². The van der Waals surface area contributed by atoms with Crippen molar-refractivity contribution in [3.63, 3.8) is 0 Å². The van der Waals surface area contributed by atoms with Gasteiger partial charge in [0.2, 0.25) is 0 Å². The maximum absolute atomic E-state index is 11.9. The number of aromatic nitrogens is 3. The quantitative estimate of drug-likeness (QED) is 0.706. The normalized spacial score (nSPS) is 11.0. The van der Waals surface area contributed by atoms with Gasteiger partial charge in [0.15, 0.2) is 0 Å². The van der Waals surface area contributed by atoms with Crippen molar-refractivity contribution < 1.29 is 0 Å². The van der Waals surface area contributed by atoms with Crippen molar-refractivity contribution >= 4 is 22.6 Å². The minimum absolute atomic E-state index is 0.153. The summed E-state index contributed by atoms with van der Waals surface area (Å²) in [5.74, 6) is 0.511. The van der Waals surface area contributed by atoms with E-state index in [0.717, 1.165) is 11.3 Å². The summed E-state index contributed by atoms with van der Waals surface area (Å²) in [6, 6.07) is 9.00. The van der Waals surface area contributed by atoms with Crippen LogP contribution in [0.2, 0.25) is 5.02 Å². The van der Waals surface area contributed by atoms with Gasteiger partial charge in [-0.25, -0.2) is 4.98 Å². The SMILES string of the molecule is Cc1cc2c(=O)[nH]c(-c3cccc(Cl)c3)nc2[nH]1. The monoisotopic (exact) mass is 259 g/mol. The van der Waals surface area contributed by atoms with Gasteiger partial charge in [-0.2, -0.15) is 0 Å². The van der Waals surface area contributed by atoms with Gasteiger partial charge in [-0.1, -0.05) is 23.7 Å². The summed E-state index contributed by atoms with van der Waals surface area (Å²) in [6.07, 6.45) is 0. The number of benzene rings is 1. The number of aromatic amines is 2. The Labute approximate surface area is 108 Å². The molecule has 0 bridgehead atoms. The Hall–Kier alpha value is -2.07. The standard InChI is InChI=1S/C13H10ClN3O/c1-7-5-10-12(15-7)16-11(17-13(10)18)8-3-2-4-9(14)6-8/h2-6H,1H3,(H2,15,16,17,18). The summed E-state index contributed by atoms with van der Waals surface area (Å²) in [7, 11) is 0. The van der Waals surface area contributed by atoms with Gasteiger partial charge >= 0.3 is 0 Å². The molecule has 0 fully saturated rings. The maximum Gasteiger partial charge on any atom is 0.260 e. The molecule has 0 aliphatic rings. The molecule has 3 rings (SSSR count). The average molecular weight is 260 g/mol. The highest BCUT2D eigenvalue weighted by molar-refractivity contribution is 6.30. The van der Waals surface area contributed by atoms with Gasteiger partial charge in [-0.3, -0.25) is 4.79 Å². The van der Waals surface area contributed by atoms with Gasteiger partial charge in [-0.15, -0.1) is 0 Å². The fourth-order valence-corrected chi connectivity index (χ4v) is 2.11. The number of aryl methyl sites for hydroxylation is 1. The molecular formula is C13H10ClN3O. The van der Waals surface area contributed by atoms with Crippen LogP contribution in [0.25, 0.3) is 22.4 Å². The molecule has 2 N–H and O–H groups in total. The van der Waals surface area contributed by atoms with E-state index in [1.165, 1.54) is 0 Å². The first kappa shape index (κ1) is 11.0. The Balaban J connectivity index is 2.27. The van der Waals surface area contributed by atoms with Crippen molar-refractivity contribution in [2.45, 2.75) is 6.92 Å². The minimum Gasteiger partial charge on any atom is -0.343 e. The number of fused-ring (bicyclic) bond motifs is 1. The molecular weight excluding hydrogens is 250 g/mol. The zero-order valence-corrected chi connectivity index (χ0v) is 10.4. The molecule has 18 heavy (non-hydrogen) atoms. The van der Waals surface area contributed by atoms with Gasteiger partial charge in [-0.05, 0) is 25.1 Å². The summed E-state index contributed by atoms with van der Waals surface area (Å²) in [5.41, 5.74) is 2.13. The van der Waals surface area contributed by atoms with Gasteiger partial charge in [0.25, 0.3) is 5.56 Å². The number of nitrogens with one attached hydrogen (secondary N) is 2. The number of nitrogens with zero attached hydrogens (tertiary/aromatic N) is 1. The maximum atomic E-state index is 11.9. The molecule has 2 aromatic heterocycles. The molecule has 5 heteroatoms. The van der Waals surface area contributed by atoms with E-state index in [1.807, 2.05) is 19.1 Å². The Morgan fingerprint density at radius 1 is 1.22 bits per heavy atom. The first-order chi connectivity index (χ1) is 8.63. The van der Waals surface area contributed by atoms with Crippen LogP contribution >= 0.6 is 11.6 Å². The molecule has 0 unspecified atom stereocenters. The highest BCUT2D eigenvalue weighted by Gasteiger charge is 2.08. The van der Waals surface area contributed by atoms with Crippen LogP contribution in [0.15, 0.2) is 35.1 Å². The average Bonchev–Trinajstić information content (AvgIpc) is 2.70. The van der Waals surface area contributed by atoms with Crippen LogP contribution in [0.1, 0.15) is 5.69 Å². The molecule has 0 amide bonds. The topological polar surface area (TPSA) is 61.5 Å². The zero-order valence-electron chi connectivity index (χ0n) is 9.62. The van der Waals surface area contributed by atoms with Crippen molar-refractivity contribution in [1.82, 2.24) is 15.0 Å². The Morgan fingerprint density at radius 3 is 2.83 bits per heavy atom. The third kappa shape index (κ3) is 1.80. The lowest BCUT2D eigenvalue weighted by molar-refractivity contribution is 1.16. The largest absolute Gasteiger partial charge is 0.343 e. The third-order valence-corrected chi connectivity index (χ3v) is 2.96. The number of hydrogen-bond donors (Lipinski definition) is 2. The second kappa shape index (κ2) is 3.99. The predicted molar refractivity (Wildman–Crippen MR) is 71.9 cm³/mol. The zero-order chi connectivity index (χ0) is 12.7. The highest BCUT2D eigenvalue weighted by Crippen LogP contribution is 2.20. The molecule has 0 spiro atoms. The number of hydrogen-bond acceptors (Lipinski definition) is 2. The summed E-state index contributed by atoms with van der Waals surface area (Å²) in [6.45, 7) is 1.89. The van der Waals surface area contributed by atoms with E-state index in [-0.39, 0.29) is 5.56 Å². The van der Waals surface area contributed by atoms with E-state index in [9.17, 15) is 4.79 Å². The molecule has 0 atom stereocenters. The third-order valence-electron chi connectivity index (χ3n) is 2.73. The molecule has 90 valence electrons. The summed E-state index contributed by atoms with van der Waals surface area (Å²) < 4.78 is 0. The fraction of sp³-hybridized carbons (Fsp3) is 0.0769. The lowest BCUT2D eigenvalue weighted by atomic mass is 10.2. The number of H-pyrrole nitrogens is 2. The summed E-state index contributed by atoms with van der Waals surface area (Å²) in [5, 5.41) is 1.18. The summed E-state index contributed by atoms with van der Waals surface area (Å²) >= 11 is 5.93. The van der Waals surface area contributed by atoms with E-state index in [2.05, 4.69) is 15.0 Å². The van der Waals surface area contributed by atoms with Crippen molar-refractivity contribution in [3.05, 3.63) is 51.4 Å². The molecule has 4 nitrogen and oxygen atoms in total. The van der Waals surface area contributed by atoms with Gasteiger partial charge in [0.05, 0.1) is 5.39 Å². The lowest BCUT2D eigenvalue weighted by Crippen LogP contribution is -2.08. The predicted octanol–water partition coefficient (Wildman–Crippen LogP) is 2.88. The second-order valence-electron chi connectivity index (χ2n) is 4.14. The number of halogens is 1. The molecule has 0 radical (unpaired) electrons. The Kier molecular flexibility index (Phi) is 2.45. The van der Waals surface area contributed by atoms with Gasteiger partial charge < -0.3 is 9.97 Å². The van der Waals surface area contributed by atoms with Crippen LogP contribution in [0.5, 0.6) is 0 Å². The highest BCUT2D eigenvalue weighted by atomic mass is 35.5. The molecule has 0 saturated heterocycles. The molecule has 0 saturated carbocycles. The van der Waals surface area contributed by atoms with E-state index in [4.69, 9.17) is 11.6 Å². The van der Waals surface area contributed by atoms with Gasteiger partial charge in [0, 0.05) is 16.3 Å². The fourth-order valence-electron chi connectivity index (χ4n) is 1.92. The molecule has 2 heterocycles. The van der Waals surface area contributed by atoms with Crippen LogP contribution in [-0.2, 0) is 0 Å². The summed E-state index contributed by atoms with van der Waals surface area (Å²) in [4.78, 5) is 22.1. The Morgan fingerprint density at radius 2 is 2.06 bits per heavy atom. The van der Waals surface area contributed by atoms with Crippen LogP contribution in [-0.4, -0.2) is 15.0 Å². The van der Waals surface area contributed by atoms with Crippen LogP contribution in [0.4, 0.5) is 0 Å². The Bertz CT molecular complexity index is 788. The minimum atomic E-state index is -0.153. The van der Waals surface area contributed by atoms with Crippen molar-refractivity contribution in [2.75, 3.05) is 0 Å². The van der Waals surface area contributed by atoms with E-state index < -0.39 is 0 Å². The van der Waals surface area contributed by atoms with E-state index in [0.29, 0.717) is 21.9 Å².